The first kappa shape index (κ1) is 22.1. The Kier molecular flexibility index (Phi) is 7.21. The van der Waals surface area contributed by atoms with E-state index in [-0.39, 0.29) is 16.7 Å². The van der Waals surface area contributed by atoms with Gasteiger partial charge in [-0.25, -0.2) is 0 Å². The van der Waals surface area contributed by atoms with E-state index in [1.165, 1.54) is 0 Å². The van der Waals surface area contributed by atoms with Gasteiger partial charge >= 0.3 is 0 Å². The number of Topliss-reactive ketones (excluding diaryl/α,β-unsaturated/α-hetero) is 1. The predicted molar refractivity (Wildman–Crippen MR) is 107 cm³/mol. The van der Waals surface area contributed by atoms with Crippen LogP contribution in [0.4, 0.5) is 0 Å². The lowest BCUT2D eigenvalue weighted by molar-refractivity contribution is -0.128. The second-order valence-corrected chi connectivity index (χ2v) is 9.46. The van der Waals surface area contributed by atoms with Crippen molar-refractivity contribution in [3.63, 3.8) is 0 Å². The van der Waals surface area contributed by atoms with Gasteiger partial charge in [-0.05, 0) is 69.4 Å². The maximum atomic E-state index is 12.6. The Balaban J connectivity index is 3.26. The minimum Gasteiger partial charge on any atom is -0.372 e. The molecule has 0 aromatic heterocycles. The lowest BCUT2D eigenvalue weighted by Crippen LogP contribution is -2.57. The van der Waals surface area contributed by atoms with E-state index < -0.39 is 5.60 Å². The Hall–Kier alpha value is -0.960. The van der Waals surface area contributed by atoms with Crippen LogP contribution in [0, 0.1) is 5.41 Å². The van der Waals surface area contributed by atoms with E-state index in [9.17, 15) is 9.90 Å². The first-order chi connectivity index (χ1) is 11.4. The van der Waals surface area contributed by atoms with Gasteiger partial charge in [-0.2, -0.15) is 0 Å². The normalized spacial score (nSPS) is 22.4. The van der Waals surface area contributed by atoms with Crippen LogP contribution < -0.4 is 0 Å². The summed E-state index contributed by atoms with van der Waals surface area (Å²) in [6.07, 6.45) is 6.40. The van der Waals surface area contributed by atoms with Crippen molar-refractivity contribution >= 4 is 11.5 Å². The third-order valence-corrected chi connectivity index (χ3v) is 4.92. The number of carbonyl (C=O) groups is 1. The fourth-order valence-corrected chi connectivity index (χ4v) is 4.15. The Morgan fingerprint density at radius 1 is 1.08 bits per heavy atom. The highest BCUT2D eigenvalue weighted by Gasteiger charge is 2.53. The number of hydrogen-bond acceptors (Lipinski definition) is 3. The van der Waals surface area contributed by atoms with Crippen molar-refractivity contribution < 1.29 is 9.90 Å². The molecule has 0 spiro atoms. The maximum absolute atomic E-state index is 12.6. The molecule has 3 nitrogen and oxygen atoms in total. The molecule has 25 heavy (non-hydrogen) atoms. The molecule has 1 atom stereocenters. The maximum Gasteiger partial charge on any atom is 0.200 e. The molecule has 0 fully saturated rings. The van der Waals surface area contributed by atoms with Gasteiger partial charge in [0.2, 0.25) is 0 Å². The summed E-state index contributed by atoms with van der Waals surface area (Å²) in [5, 5.41) is 11.3. The molecule has 0 aromatic carbocycles. The van der Waals surface area contributed by atoms with Gasteiger partial charge in [0.1, 0.15) is 0 Å². The second kappa shape index (κ2) is 8.16. The molecule has 0 radical (unpaired) electrons. The SMILES string of the molecule is CCCCC(=NC(C)(C)CC(C)(C)C)C1(O)C(=O)C(C)=C1CCCC. The number of carbonyl (C=O) groups excluding carboxylic acids is 1. The number of unbranched alkanes of at least 4 members (excludes halogenated alkanes) is 2. The zero-order valence-corrected chi connectivity index (χ0v) is 17.8. The predicted octanol–water partition coefficient (Wildman–Crippen LogP) is 5.65. The van der Waals surface area contributed by atoms with Gasteiger partial charge in [-0.3, -0.25) is 9.79 Å². The molecule has 1 N–H and O–H groups in total. The molecule has 144 valence electrons. The average molecular weight is 350 g/mol. The highest BCUT2D eigenvalue weighted by molar-refractivity contribution is 6.27. The van der Waals surface area contributed by atoms with Crippen LogP contribution in [0.3, 0.4) is 0 Å². The second-order valence-electron chi connectivity index (χ2n) is 9.46. The van der Waals surface area contributed by atoms with Crippen molar-refractivity contribution in [3.05, 3.63) is 11.1 Å². The zero-order chi connectivity index (χ0) is 19.5. The van der Waals surface area contributed by atoms with E-state index in [1.54, 1.807) is 0 Å². The van der Waals surface area contributed by atoms with E-state index >= 15 is 0 Å². The number of rotatable bonds is 9. The van der Waals surface area contributed by atoms with Crippen LogP contribution in [0.5, 0.6) is 0 Å². The molecule has 1 unspecified atom stereocenters. The van der Waals surface area contributed by atoms with Crippen molar-refractivity contribution in [1.29, 1.82) is 0 Å². The zero-order valence-electron chi connectivity index (χ0n) is 17.8. The fraction of sp³-hybridized carbons (Fsp3) is 0.818. The molecule has 1 aliphatic rings. The highest BCUT2D eigenvalue weighted by Crippen LogP contribution is 2.42. The molecule has 1 rings (SSSR count). The smallest absolute Gasteiger partial charge is 0.200 e. The van der Waals surface area contributed by atoms with E-state index in [4.69, 9.17) is 4.99 Å². The van der Waals surface area contributed by atoms with E-state index in [0.29, 0.717) is 12.1 Å². The first-order valence-corrected chi connectivity index (χ1v) is 9.95. The summed E-state index contributed by atoms with van der Waals surface area (Å²) in [6, 6.07) is 0. The summed E-state index contributed by atoms with van der Waals surface area (Å²) < 4.78 is 0. The van der Waals surface area contributed by atoms with Gasteiger partial charge in [-0.15, -0.1) is 0 Å². The average Bonchev–Trinajstić information content (AvgIpc) is 2.48. The summed E-state index contributed by atoms with van der Waals surface area (Å²) in [5.41, 5.74) is 0.742. The Morgan fingerprint density at radius 2 is 1.64 bits per heavy atom. The van der Waals surface area contributed by atoms with Crippen LogP contribution in [-0.2, 0) is 4.79 Å². The molecule has 0 aromatic rings. The molecule has 1 aliphatic carbocycles. The van der Waals surface area contributed by atoms with Gasteiger partial charge < -0.3 is 5.11 Å². The molecular formula is C22H39NO2. The van der Waals surface area contributed by atoms with Crippen LogP contribution in [-0.4, -0.2) is 27.7 Å². The molecule has 0 amide bonds. The summed E-state index contributed by atoms with van der Waals surface area (Å²) in [5.74, 6) is -0.139. The summed E-state index contributed by atoms with van der Waals surface area (Å²) >= 11 is 0. The monoisotopic (exact) mass is 349 g/mol. The molecule has 0 bridgehead atoms. The van der Waals surface area contributed by atoms with Gasteiger partial charge in [0, 0.05) is 0 Å². The van der Waals surface area contributed by atoms with E-state index in [0.717, 1.165) is 49.7 Å². The van der Waals surface area contributed by atoms with Gasteiger partial charge in [0.25, 0.3) is 0 Å². The molecule has 0 aliphatic heterocycles. The summed E-state index contributed by atoms with van der Waals surface area (Å²) in [7, 11) is 0. The molecule has 0 heterocycles. The lowest BCUT2D eigenvalue weighted by atomic mass is 9.66. The first-order valence-electron chi connectivity index (χ1n) is 9.95. The number of hydrogen-bond donors (Lipinski definition) is 1. The third-order valence-electron chi connectivity index (χ3n) is 4.92. The van der Waals surface area contributed by atoms with Crippen LogP contribution in [0.25, 0.3) is 0 Å². The van der Waals surface area contributed by atoms with Gasteiger partial charge in [0.15, 0.2) is 11.4 Å². The Labute approximate surface area is 155 Å². The van der Waals surface area contributed by atoms with E-state index in [2.05, 4.69) is 48.5 Å². The largest absolute Gasteiger partial charge is 0.372 e. The minimum atomic E-state index is -1.44. The summed E-state index contributed by atoms with van der Waals surface area (Å²) in [6.45, 7) is 16.9. The fourth-order valence-electron chi connectivity index (χ4n) is 4.15. The molecule has 0 saturated heterocycles. The Morgan fingerprint density at radius 3 is 2.12 bits per heavy atom. The van der Waals surface area contributed by atoms with Crippen molar-refractivity contribution in [3.8, 4) is 0 Å². The Bertz CT molecular complexity index is 549. The van der Waals surface area contributed by atoms with Crippen molar-refractivity contribution in [2.24, 2.45) is 10.4 Å². The number of nitrogens with zero attached hydrogens (tertiary/aromatic N) is 1. The minimum absolute atomic E-state index is 0.139. The topological polar surface area (TPSA) is 49.7 Å². The van der Waals surface area contributed by atoms with Gasteiger partial charge in [-0.1, -0.05) is 47.5 Å². The van der Waals surface area contributed by atoms with Crippen LogP contribution >= 0.6 is 0 Å². The molecule has 3 heteroatoms. The molecular weight excluding hydrogens is 310 g/mol. The number of aliphatic imine (C=N–C) groups is 1. The third kappa shape index (κ3) is 5.26. The van der Waals surface area contributed by atoms with Crippen molar-refractivity contribution in [2.45, 2.75) is 111 Å². The van der Waals surface area contributed by atoms with E-state index in [1.807, 2.05) is 6.92 Å². The number of aliphatic hydroxyl groups is 1. The molecule has 0 saturated carbocycles. The lowest BCUT2D eigenvalue weighted by Gasteiger charge is -2.42. The van der Waals surface area contributed by atoms with Crippen LogP contribution in [0.2, 0.25) is 0 Å². The van der Waals surface area contributed by atoms with Crippen molar-refractivity contribution in [2.75, 3.05) is 0 Å². The highest BCUT2D eigenvalue weighted by atomic mass is 16.3. The van der Waals surface area contributed by atoms with Crippen LogP contribution in [0.1, 0.15) is 100 Å². The standard InChI is InChI=1S/C22H39NO2/c1-9-11-13-17-16(3)19(24)22(17,25)18(14-12-10-2)23-21(7,8)15-20(4,5)6/h25H,9-15H2,1-8H3. The van der Waals surface area contributed by atoms with Gasteiger partial charge in [0.05, 0.1) is 11.3 Å². The van der Waals surface area contributed by atoms with Crippen LogP contribution in [0.15, 0.2) is 16.1 Å². The summed E-state index contributed by atoms with van der Waals surface area (Å²) in [4.78, 5) is 17.6. The van der Waals surface area contributed by atoms with Crippen molar-refractivity contribution in [1.82, 2.24) is 0 Å². The number of ketones is 1. The quantitative estimate of drug-likeness (QED) is 0.547.